The van der Waals surface area contributed by atoms with Gasteiger partial charge in [-0.25, -0.2) is 0 Å². The van der Waals surface area contributed by atoms with E-state index in [4.69, 9.17) is 12.2 Å². The summed E-state index contributed by atoms with van der Waals surface area (Å²) in [5.74, 6) is -0.0283. The minimum atomic E-state index is -0.475. The quantitative estimate of drug-likeness (QED) is 0.495. The van der Waals surface area contributed by atoms with E-state index >= 15 is 0 Å². The lowest BCUT2D eigenvalue weighted by Gasteiger charge is -2.05. The smallest absolute Gasteiger partial charge is 0.269 e. The Morgan fingerprint density at radius 1 is 1.44 bits per heavy atom. The summed E-state index contributed by atoms with van der Waals surface area (Å²) in [6, 6.07) is 5.84. The van der Waals surface area contributed by atoms with Gasteiger partial charge in [0, 0.05) is 17.8 Å². The number of nitrogens with one attached hydrogen (secondary N) is 1. The van der Waals surface area contributed by atoms with Crippen LogP contribution in [0.2, 0.25) is 0 Å². The van der Waals surface area contributed by atoms with Crippen LogP contribution in [0.1, 0.15) is 13.3 Å². The summed E-state index contributed by atoms with van der Waals surface area (Å²) >= 11 is 4.93. The molecule has 0 aromatic heterocycles. The van der Waals surface area contributed by atoms with Crippen LogP contribution in [0.4, 0.5) is 11.4 Å². The number of thiocarbonyl (C=S) groups is 1. The molecular weight excluding hydrogens is 228 g/mol. The molecule has 0 aliphatic rings. The Morgan fingerprint density at radius 3 is 2.44 bits per heavy atom. The van der Waals surface area contributed by atoms with Gasteiger partial charge in [-0.2, -0.15) is 0 Å². The number of carbonyl (C=O) groups is 1. The first kappa shape index (κ1) is 12.3. The van der Waals surface area contributed by atoms with Crippen LogP contribution in [0.15, 0.2) is 24.3 Å². The van der Waals surface area contributed by atoms with Crippen molar-refractivity contribution in [3.8, 4) is 0 Å². The summed E-state index contributed by atoms with van der Waals surface area (Å²) in [5.41, 5.74) is 0.653. The Bertz CT molecular complexity index is 428. The summed E-state index contributed by atoms with van der Waals surface area (Å²) < 4.78 is 0. The zero-order valence-electron chi connectivity index (χ0n) is 8.60. The molecule has 0 spiro atoms. The molecule has 16 heavy (non-hydrogen) atoms. The van der Waals surface area contributed by atoms with Gasteiger partial charge >= 0.3 is 0 Å². The molecule has 0 amide bonds. The second-order valence-corrected chi connectivity index (χ2v) is 3.72. The number of Topliss-reactive ketones (excluding diaryl/α,β-unsaturated/α-hetero) is 1. The monoisotopic (exact) mass is 238 g/mol. The number of nitro benzene ring substituents is 1. The average Bonchev–Trinajstić information content (AvgIpc) is 2.16. The molecule has 0 heterocycles. The third-order valence-corrected chi connectivity index (χ3v) is 2.02. The number of hydrogen-bond donors (Lipinski definition) is 1. The number of ketones is 1. The Labute approximate surface area is 97.6 Å². The molecular formula is C10H10N2O3S. The molecule has 0 saturated heterocycles. The minimum absolute atomic E-state index is 0.0167. The van der Waals surface area contributed by atoms with Crippen LogP contribution in [-0.2, 0) is 4.79 Å². The largest absolute Gasteiger partial charge is 0.350 e. The van der Waals surface area contributed by atoms with Crippen LogP contribution in [0, 0.1) is 10.1 Å². The molecule has 0 fully saturated rings. The van der Waals surface area contributed by atoms with Crippen LogP contribution >= 0.6 is 12.2 Å². The number of nitro groups is 1. The first-order chi connectivity index (χ1) is 7.49. The van der Waals surface area contributed by atoms with E-state index in [0.29, 0.717) is 10.7 Å². The highest BCUT2D eigenvalue weighted by Gasteiger charge is 2.05. The van der Waals surface area contributed by atoms with E-state index in [-0.39, 0.29) is 17.9 Å². The zero-order valence-corrected chi connectivity index (χ0v) is 9.41. The van der Waals surface area contributed by atoms with Crippen molar-refractivity contribution in [2.24, 2.45) is 0 Å². The lowest BCUT2D eigenvalue weighted by molar-refractivity contribution is -0.384. The van der Waals surface area contributed by atoms with Gasteiger partial charge in [-0.05, 0) is 19.1 Å². The van der Waals surface area contributed by atoms with E-state index in [2.05, 4.69) is 5.32 Å². The number of non-ortho nitro benzene ring substituents is 1. The van der Waals surface area contributed by atoms with E-state index in [9.17, 15) is 14.9 Å². The van der Waals surface area contributed by atoms with E-state index in [1.807, 2.05) is 0 Å². The van der Waals surface area contributed by atoms with Crippen LogP contribution in [0.25, 0.3) is 0 Å². The maximum atomic E-state index is 10.8. The minimum Gasteiger partial charge on any atom is -0.350 e. The third-order valence-electron chi connectivity index (χ3n) is 1.77. The van der Waals surface area contributed by atoms with Gasteiger partial charge in [-0.3, -0.25) is 14.9 Å². The second kappa shape index (κ2) is 5.32. The van der Waals surface area contributed by atoms with E-state index in [0.717, 1.165) is 0 Å². The van der Waals surface area contributed by atoms with E-state index in [1.54, 1.807) is 12.1 Å². The summed E-state index contributed by atoms with van der Waals surface area (Å²) in [6.07, 6.45) is 0.173. The maximum absolute atomic E-state index is 10.8. The highest BCUT2D eigenvalue weighted by molar-refractivity contribution is 7.80. The summed E-state index contributed by atoms with van der Waals surface area (Å²) in [6.45, 7) is 1.45. The standard InChI is InChI=1S/C10H10N2O3S/c1-7(13)6-10(16)11-8-2-4-9(5-3-8)12(14)15/h2-5H,6H2,1H3,(H,11,16). The first-order valence-corrected chi connectivity index (χ1v) is 4.93. The van der Waals surface area contributed by atoms with Crippen LogP contribution in [0.3, 0.4) is 0 Å². The van der Waals surface area contributed by atoms with Gasteiger partial charge < -0.3 is 5.32 Å². The number of anilines is 1. The van der Waals surface area contributed by atoms with Crippen molar-refractivity contribution in [1.29, 1.82) is 0 Å². The molecule has 0 aliphatic carbocycles. The molecule has 0 unspecified atom stereocenters. The van der Waals surface area contributed by atoms with Gasteiger partial charge in [0.2, 0.25) is 0 Å². The molecule has 5 nitrogen and oxygen atoms in total. The highest BCUT2D eigenvalue weighted by atomic mass is 32.1. The van der Waals surface area contributed by atoms with Gasteiger partial charge in [0.15, 0.2) is 0 Å². The predicted molar refractivity (Wildman–Crippen MR) is 64.6 cm³/mol. The van der Waals surface area contributed by atoms with Crippen molar-refractivity contribution in [1.82, 2.24) is 0 Å². The zero-order chi connectivity index (χ0) is 12.1. The number of carbonyl (C=O) groups excluding carboxylic acids is 1. The van der Waals surface area contributed by atoms with Crippen molar-refractivity contribution in [3.63, 3.8) is 0 Å². The van der Waals surface area contributed by atoms with Gasteiger partial charge in [-0.15, -0.1) is 0 Å². The first-order valence-electron chi connectivity index (χ1n) is 4.53. The normalized spacial score (nSPS) is 9.56. The average molecular weight is 238 g/mol. The molecule has 84 valence electrons. The summed E-state index contributed by atoms with van der Waals surface area (Å²) in [5, 5.41) is 13.2. The summed E-state index contributed by atoms with van der Waals surface area (Å²) in [7, 11) is 0. The van der Waals surface area contributed by atoms with Crippen molar-refractivity contribution >= 4 is 34.4 Å². The van der Waals surface area contributed by atoms with Crippen LogP contribution in [0.5, 0.6) is 0 Å². The second-order valence-electron chi connectivity index (χ2n) is 3.23. The molecule has 0 aliphatic heterocycles. The van der Waals surface area contributed by atoms with Crippen molar-refractivity contribution in [2.45, 2.75) is 13.3 Å². The van der Waals surface area contributed by atoms with Gasteiger partial charge in [0.05, 0.1) is 16.3 Å². The molecule has 0 radical (unpaired) electrons. The molecule has 0 atom stereocenters. The fourth-order valence-corrected chi connectivity index (χ4v) is 1.42. The fourth-order valence-electron chi connectivity index (χ4n) is 1.10. The molecule has 1 rings (SSSR count). The third kappa shape index (κ3) is 3.74. The Kier molecular flexibility index (Phi) is 4.07. The number of hydrogen-bond acceptors (Lipinski definition) is 4. The molecule has 6 heteroatoms. The molecule has 1 aromatic rings. The summed E-state index contributed by atoms with van der Waals surface area (Å²) in [4.78, 5) is 21.1. The molecule has 1 aromatic carbocycles. The van der Waals surface area contributed by atoms with Crippen LogP contribution in [-0.4, -0.2) is 15.7 Å². The van der Waals surface area contributed by atoms with E-state index in [1.165, 1.54) is 19.1 Å². The molecule has 0 saturated carbocycles. The Balaban J connectivity index is 2.65. The SMILES string of the molecule is CC(=O)CC(=S)Nc1ccc([N+](=O)[O-])cc1. The topological polar surface area (TPSA) is 72.2 Å². The number of nitrogens with zero attached hydrogens (tertiary/aromatic N) is 1. The van der Waals surface area contributed by atoms with Gasteiger partial charge in [-0.1, -0.05) is 12.2 Å². The lowest BCUT2D eigenvalue weighted by Crippen LogP contribution is -2.12. The van der Waals surface area contributed by atoms with Crippen molar-refractivity contribution < 1.29 is 9.72 Å². The number of benzene rings is 1. The van der Waals surface area contributed by atoms with Gasteiger partial charge in [0.1, 0.15) is 5.78 Å². The Morgan fingerprint density at radius 2 is 2.00 bits per heavy atom. The predicted octanol–water partition coefficient (Wildman–Crippen LogP) is 2.31. The van der Waals surface area contributed by atoms with Crippen LogP contribution < -0.4 is 5.32 Å². The Hall–Kier alpha value is -1.82. The van der Waals surface area contributed by atoms with Crippen molar-refractivity contribution in [2.75, 3.05) is 5.32 Å². The molecule has 0 bridgehead atoms. The maximum Gasteiger partial charge on any atom is 0.269 e. The van der Waals surface area contributed by atoms with Crippen molar-refractivity contribution in [3.05, 3.63) is 34.4 Å². The highest BCUT2D eigenvalue weighted by Crippen LogP contribution is 2.15. The molecule has 1 N–H and O–H groups in total. The fraction of sp³-hybridized carbons (Fsp3) is 0.200. The van der Waals surface area contributed by atoms with Gasteiger partial charge in [0.25, 0.3) is 5.69 Å². The number of rotatable bonds is 4. The van der Waals surface area contributed by atoms with E-state index < -0.39 is 4.92 Å². The lowest BCUT2D eigenvalue weighted by atomic mass is 10.2.